The molecule has 0 saturated carbocycles. The van der Waals surface area contributed by atoms with Crippen molar-refractivity contribution in [1.29, 1.82) is 0 Å². The van der Waals surface area contributed by atoms with Crippen LogP contribution < -0.4 is 10.5 Å². The Morgan fingerprint density at radius 3 is 2.27 bits per heavy atom. The Hall–Kier alpha value is -1.44. The number of primary amides is 1. The number of carbonyl (C=O) groups is 1. The van der Waals surface area contributed by atoms with E-state index >= 15 is 0 Å². The number of hydrogen-bond donors (Lipinski definition) is 3. The smallest absolute Gasteiger partial charge is 0.241 e. The summed E-state index contributed by atoms with van der Waals surface area (Å²) >= 11 is 0. The molecule has 0 saturated heterocycles. The third-order valence-electron chi connectivity index (χ3n) is 3.60. The second-order valence-electron chi connectivity index (χ2n) is 6.43. The van der Waals surface area contributed by atoms with E-state index in [0.717, 1.165) is 11.1 Å². The molecule has 1 aromatic rings. The Balaban J connectivity index is 3.41. The molecule has 1 aromatic carbocycles. The van der Waals surface area contributed by atoms with E-state index in [1.54, 1.807) is 13.0 Å². The summed E-state index contributed by atoms with van der Waals surface area (Å²) in [6.07, 6.45) is 0. The van der Waals surface area contributed by atoms with E-state index in [1.807, 2.05) is 33.8 Å². The molecule has 0 radical (unpaired) electrons. The summed E-state index contributed by atoms with van der Waals surface area (Å²) in [5.41, 5.74) is 7.16. The number of sulfonamides is 1. The largest absolute Gasteiger partial charge is 0.394 e. The maximum atomic E-state index is 12.5. The van der Waals surface area contributed by atoms with Crippen molar-refractivity contribution in [2.24, 2.45) is 5.73 Å². The van der Waals surface area contributed by atoms with E-state index < -0.39 is 28.6 Å². The molecule has 1 rings (SSSR count). The van der Waals surface area contributed by atoms with Gasteiger partial charge in [-0.3, -0.25) is 4.79 Å². The lowest BCUT2D eigenvalue weighted by Gasteiger charge is -2.23. The van der Waals surface area contributed by atoms with Crippen LogP contribution in [0.2, 0.25) is 0 Å². The van der Waals surface area contributed by atoms with Crippen LogP contribution in [0.5, 0.6) is 0 Å². The number of carbonyl (C=O) groups excluding carboxylic acids is 1. The highest BCUT2D eigenvalue weighted by Gasteiger charge is 2.27. The molecule has 0 aliphatic rings. The molecule has 0 spiro atoms. The minimum atomic E-state index is -3.96. The molecule has 124 valence electrons. The van der Waals surface area contributed by atoms with Gasteiger partial charge in [-0.2, -0.15) is 4.72 Å². The lowest BCUT2D eigenvalue weighted by Crippen LogP contribution is -2.46. The number of hydrogen-bond acceptors (Lipinski definition) is 4. The number of benzene rings is 1. The van der Waals surface area contributed by atoms with E-state index in [1.165, 1.54) is 0 Å². The second kappa shape index (κ2) is 6.36. The van der Waals surface area contributed by atoms with E-state index in [4.69, 9.17) is 10.8 Å². The summed E-state index contributed by atoms with van der Waals surface area (Å²) in [5.74, 6) is -0.924. The van der Waals surface area contributed by atoms with Crippen LogP contribution in [0.25, 0.3) is 0 Å². The van der Waals surface area contributed by atoms with Gasteiger partial charge in [-0.25, -0.2) is 8.42 Å². The van der Waals surface area contributed by atoms with Gasteiger partial charge in [0.1, 0.15) is 6.04 Å². The Morgan fingerprint density at radius 1 is 1.32 bits per heavy atom. The Kier molecular flexibility index (Phi) is 5.38. The average molecular weight is 328 g/mol. The van der Waals surface area contributed by atoms with E-state index in [0.29, 0.717) is 5.56 Å². The van der Waals surface area contributed by atoms with Crippen molar-refractivity contribution in [3.8, 4) is 0 Å². The first-order chi connectivity index (χ1) is 9.90. The van der Waals surface area contributed by atoms with Crippen LogP contribution in [0.4, 0.5) is 0 Å². The number of aliphatic hydroxyl groups is 1. The summed E-state index contributed by atoms with van der Waals surface area (Å²) in [4.78, 5) is 11.2. The maximum Gasteiger partial charge on any atom is 0.241 e. The third-order valence-corrected chi connectivity index (χ3v) is 5.20. The Morgan fingerprint density at radius 2 is 1.86 bits per heavy atom. The van der Waals surface area contributed by atoms with Crippen LogP contribution in [0.3, 0.4) is 0 Å². The van der Waals surface area contributed by atoms with Gasteiger partial charge in [-0.1, -0.05) is 26.8 Å². The standard InChI is InChI=1S/C15H24N2O4S/c1-9-6-11(15(3,4)5)7-13(10(9)2)22(20,21)17-12(8-18)14(16)19/h6-7,12,17-18H,8H2,1-5H3,(H2,16,19)/t12-/m0/s1. The van der Waals surface area contributed by atoms with Crippen molar-refractivity contribution < 1.29 is 18.3 Å². The number of nitrogens with two attached hydrogens (primary N) is 1. The van der Waals surface area contributed by atoms with E-state index in [2.05, 4.69) is 4.72 Å². The molecule has 6 nitrogen and oxygen atoms in total. The van der Waals surface area contributed by atoms with Gasteiger partial charge in [0.25, 0.3) is 0 Å². The first-order valence-corrected chi connectivity index (χ1v) is 8.42. The van der Waals surface area contributed by atoms with Crippen molar-refractivity contribution in [3.63, 3.8) is 0 Å². The lowest BCUT2D eigenvalue weighted by molar-refractivity contribution is -0.120. The average Bonchev–Trinajstić information content (AvgIpc) is 2.37. The number of aryl methyl sites for hydroxylation is 1. The van der Waals surface area contributed by atoms with Gasteiger partial charge in [0.15, 0.2) is 0 Å². The molecule has 1 amide bonds. The predicted molar refractivity (Wildman–Crippen MR) is 85.0 cm³/mol. The molecule has 0 unspecified atom stereocenters. The van der Waals surface area contributed by atoms with Crippen LogP contribution >= 0.6 is 0 Å². The molecule has 0 aromatic heterocycles. The highest BCUT2D eigenvalue weighted by atomic mass is 32.2. The van der Waals surface area contributed by atoms with Crippen LogP contribution in [0.1, 0.15) is 37.5 Å². The molecule has 22 heavy (non-hydrogen) atoms. The van der Waals surface area contributed by atoms with Gasteiger partial charge in [-0.15, -0.1) is 0 Å². The summed E-state index contributed by atoms with van der Waals surface area (Å²) < 4.78 is 27.2. The fourth-order valence-electron chi connectivity index (χ4n) is 1.98. The second-order valence-corrected chi connectivity index (χ2v) is 8.11. The van der Waals surface area contributed by atoms with Gasteiger partial charge >= 0.3 is 0 Å². The van der Waals surface area contributed by atoms with Crippen LogP contribution in [-0.4, -0.2) is 32.1 Å². The van der Waals surface area contributed by atoms with Crippen LogP contribution in [-0.2, 0) is 20.2 Å². The molecule has 0 bridgehead atoms. The molecular formula is C15H24N2O4S. The normalized spacial score (nSPS) is 13.9. The first-order valence-electron chi connectivity index (χ1n) is 6.94. The Bertz CT molecular complexity index is 676. The molecule has 4 N–H and O–H groups in total. The van der Waals surface area contributed by atoms with Crippen LogP contribution in [0, 0.1) is 13.8 Å². The summed E-state index contributed by atoms with van der Waals surface area (Å²) in [6, 6.07) is 2.20. The first kappa shape index (κ1) is 18.6. The van der Waals surface area contributed by atoms with Gasteiger partial charge < -0.3 is 10.8 Å². The van der Waals surface area contributed by atoms with E-state index in [-0.39, 0.29) is 10.3 Å². The number of rotatable bonds is 5. The summed E-state index contributed by atoms with van der Waals surface area (Å²) in [6.45, 7) is 8.81. The van der Waals surface area contributed by atoms with Gasteiger partial charge in [0.05, 0.1) is 11.5 Å². The Labute approximate surface area is 131 Å². The van der Waals surface area contributed by atoms with Crippen molar-refractivity contribution in [2.75, 3.05) is 6.61 Å². The minimum Gasteiger partial charge on any atom is -0.394 e. The minimum absolute atomic E-state index is 0.0946. The molecule has 1 atom stereocenters. The van der Waals surface area contributed by atoms with E-state index in [9.17, 15) is 13.2 Å². The van der Waals surface area contributed by atoms with Gasteiger partial charge in [0, 0.05) is 0 Å². The zero-order chi connectivity index (χ0) is 17.3. The van der Waals surface area contributed by atoms with Gasteiger partial charge in [-0.05, 0) is 42.0 Å². The fourth-order valence-corrected chi connectivity index (χ4v) is 3.51. The SMILES string of the molecule is Cc1cc(C(C)(C)C)cc(S(=O)(=O)N[C@@H](CO)C(N)=O)c1C. The molecule has 7 heteroatoms. The quantitative estimate of drug-likeness (QED) is 0.740. The van der Waals surface area contributed by atoms with Gasteiger partial charge in [0.2, 0.25) is 15.9 Å². The molecule has 0 aliphatic carbocycles. The topological polar surface area (TPSA) is 109 Å². The molecular weight excluding hydrogens is 304 g/mol. The third kappa shape index (κ3) is 4.06. The fraction of sp³-hybridized carbons (Fsp3) is 0.533. The molecule has 0 fully saturated rings. The monoisotopic (exact) mass is 328 g/mol. The lowest BCUT2D eigenvalue weighted by atomic mass is 9.85. The molecule has 0 heterocycles. The molecule has 0 aliphatic heterocycles. The zero-order valence-electron chi connectivity index (χ0n) is 13.6. The zero-order valence-corrected chi connectivity index (χ0v) is 14.4. The maximum absolute atomic E-state index is 12.5. The summed E-state index contributed by atoms with van der Waals surface area (Å²) in [5, 5.41) is 9.09. The number of nitrogens with one attached hydrogen (secondary N) is 1. The van der Waals surface area contributed by atoms with Crippen molar-refractivity contribution >= 4 is 15.9 Å². The van der Waals surface area contributed by atoms with Crippen LogP contribution in [0.15, 0.2) is 17.0 Å². The highest BCUT2D eigenvalue weighted by Crippen LogP contribution is 2.29. The van der Waals surface area contributed by atoms with Crippen molar-refractivity contribution in [3.05, 3.63) is 28.8 Å². The van der Waals surface area contributed by atoms with Crippen molar-refractivity contribution in [1.82, 2.24) is 4.72 Å². The highest BCUT2D eigenvalue weighted by molar-refractivity contribution is 7.89. The van der Waals surface area contributed by atoms with Crippen molar-refractivity contribution in [2.45, 2.75) is 51.0 Å². The predicted octanol–water partition coefficient (Wildman–Crippen LogP) is 0.725. The number of aliphatic hydroxyl groups excluding tert-OH is 1. The summed E-state index contributed by atoms with van der Waals surface area (Å²) in [7, 11) is -3.96. The number of amides is 1.